The first kappa shape index (κ1) is 11.4. The summed E-state index contributed by atoms with van der Waals surface area (Å²) in [5.41, 5.74) is 7.00. The van der Waals surface area contributed by atoms with Crippen LogP contribution in [0.15, 0.2) is 24.3 Å². The quantitative estimate of drug-likeness (QED) is 0.784. The van der Waals surface area contributed by atoms with Crippen molar-refractivity contribution in [2.24, 2.45) is 5.73 Å². The van der Waals surface area contributed by atoms with Gasteiger partial charge in [-0.15, -0.1) is 0 Å². The van der Waals surface area contributed by atoms with E-state index in [1.54, 1.807) is 0 Å². The Labute approximate surface area is 101 Å². The third-order valence-electron chi connectivity index (χ3n) is 3.24. The summed E-state index contributed by atoms with van der Waals surface area (Å²) in [6.45, 7) is 1.58. The van der Waals surface area contributed by atoms with E-state index in [0.29, 0.717) is 18.4 Å². The van der Waals surface area contributed by atoms with Gasteiger partial charge in [0.05, 0.1) is 17.7 Å². The van der Waals surface area contributed by atoms with E-state index in [1.807, 2.05) is 24.3 Å². The van der Waals surface area contributed by atoms with E-state index in [9.17, 15) is 0 Å². The first-order valence-electron chi connectivity index (χ1n) is 5.62. The Kier molecular flexibility index (Phi) is 2.99. The maximum absolute atomic E-state index is 8.95. The van der Waals surface area contributed by atoms with E-state index in [0.717, 1.165) is 18.8 Å². The summed E-state index contributed by atoms with van der Waals surface area (Å²) in [4.78, 5) is 2.20. The maximum atomic E-state index is 8.95. The van der Waals surface area contributed by atoms with Crippen molar-refractivity contribution in [3.05, 3.63) is 29.8 Å². The zero-order valence-corrected chi connectivity index (χ0v) is 9.56. The second kappa shape index (κ2) is 4.45. The highest BCUT2D eigenvalue weighted by atomic mass is 15.1. The zero-order chi connectivity index (χ0) is 12.3. The number of nitrogens with zero attached hydrogens (tertiary/aromatic N) is 3. The third-order valence-corrected chi connectivity index (χ3v) is 3.24. The number of nitriles is 2. The number of benzene rings is 1. The molecule has 1 fully saturated rings. The first-order chi connectivity index (χ1) is 8.17. The second-order valence-electron chi connectivity index (χ2n) is 4.41. The van der Waals surface area contributed by atoms with Crippen LogP contribution in [0.1, 0.15) is 18.4 Å². The van der Waals surface area contributed by atoms with Crippen LogP contribution in [0, 0.1) is 22.7 Å². The van der Waals surface area contributed by atoms with E-state index in [-0.39, 0.29) is 0 Å². The van der Waals surface area contributed by atoms with Crippen LogP contribution in [0.4, 0.5) is 5.69 Å². The Morgan fingerprint density at radius 3 is 2.18 bits per heavy atom. The van der Waals surface area contributed by atoms with E-state index < -0.39 is 5.54 Å². The van der Waals surface area contributed by atoms with Crippen molar-refractivity contribution in [3.8, 4) is 12.1 Å². The topological polar surface area (TPSA) is 76.8 Å². The van der Waals surface area contributed by atoms with Gasteiger partial charge in [-0.1, -0.05) is 0 Å². The number of anilines is 1. The van der Waals surface area contributed by atoms with E-state index in [2.05, 4.69) is 17.0 Å². The molecule has 0 bridgehead atoms. The average molecular weight is 226 g/mol. The van der Waals surface area contributed by atoms with Crippen molar-refractivity contribution in [2.75, 3.05) is 18.0 Å². The molecule has 0 spiro atoms. The van der Waals surface area contributed by atoms with Gasteiger partial charge < -0.3 is 10.6 Å². The summed E-state index contributed by atoms with van der Waals surface area (Å²) < 4.78 is 0. The normalized spacial score (nSPS) is 18.2. The van der Waals surface area contributed by atoms with Gasteiger partial charge in [-0.05, 0) is 37.1 Å². The Morgan fingerprint density at radius 2 is 1.71 bits per heavy atom. The van der Waals surface area contributed by atoms with Crippen molar-refractivity contribution >= 4 is 5.69 Å². The molecule has 0 aliphatic carbocycles. The number of hydrogen-bond donors (Lipinski definition) is 1. The number of hydrogen-bond acceptors (Lipinski definition) is 4. The largest absolute Gasteiger partial charge is 0.371 e. The minimum absolute atomic E-state index is 0.663. The van der Waals surface area contributed by atoms with Gasteiger partial charge in [-0.25, -0.2) is 0 Å². The van der Waals surface area contributed by atoms with Crippen molar-refractivity contribution < 1.29 is 0 Å². The molecule has 0 saturated carbocycles. The third kappa shape index (κ3) is 2.38. The Balaban J connectivity index is 2.06. The fourth-order valence-corrected chi connectivity index (χ4v) is 2.02. The summed E-state index contributed by atoms with van der Waals surface area (Å²) in [6.07, 6.45) is 1.37. The smallest absolute Gasteiger partial charge is 0.107 e. The molecule has 0 radical (unpaired) electrons. The van der Waals surface area contributed by atoms with Gasteiger partial charge in [-0.2, -0.15) is 10.5 Å². The fourth-order valence-electron chi connectivity index (χ4n) is 2.02. The first-order valence-corrected chi connectivity index (χ1v) is 5.62. The molecule has 0 atom stereocenters. The van der Waals surface area contributed by atoms with Crippen molar-refractivity contribution in [1.82, 2.24) is 0 Å². The van der Waals surface area contributed by atoms with Gasteiger partial charge in [0, 0.05) is 18.8 Å². The Bertz CT molecular complexity index is 470. The highest BCUT2D eigenvalue weighted by molar-refractivity contribution is 5.50. The molecule has 86 valence electrons. The molecule has 1 aliphatic heterocycles. The number of nitrogens with two attached hydrogens (primary N) is 1. The van der Waals surface area contributed by atoms with Crippen LogP contribution < -0.4 is 10.6 Å². The highest BCUT2D eigenvalue weighted by Crippen LogP contribution is 2.24. The van der Waals surface area contributed by atoms with Crippen LogP contribution in [0.5, 0.6) is 0 Å². The summed E-state index contributed by atoms with van der Waals surface area (Å²) >= 11 is 0. The molecule has 1 aromatic rings. The second-order valence-corrected chi connectivity index (χ2v) is 4.41. The molecule has 2 rings (SSSR count). The number of rotatable bonds is 1. The molecule has 17 heavy (non-hydrogen) atoms. The van der Waals surface area contributed by atoms with Gasteiger partial charge >= 0.3 is 0 Å². The van der Waals surface area contributed by atoms with E-state index >= 15 is 0 Å². The van der Waals surface area contributed by atoms with E-state index in [4.69, 9.17) is 16.3 Å². The van der Waals surface area contributed by atoms with Gasteiger partial charge in [0.25, 0.3) is 0 Å². The van der Waals surface area contributed by atoms with Crippen molar-refractivity contribution in [1.29, 1.82) is 10.5 Å². The standard InChI is InChI=1S/C13H14N4/c14-9-11-1-3-12(4-2-11)17-7-5-13(16,10-15)6-8-17/h1-4H,5-8,16H2. The summed E-state index contributed by atoms with van der Waals surface area (Å²) in [5, 5.41) is 17.7. The van der Waals surface area contributed by atoms with Crippen molar-refractivity contribution in [3.63, 3.8) is 0 Å². The van der Waals surface area contributed by atoms with E-state index in [1.165, 1.54) is 0 Å². The molecule has 4 heteroatoms. The maximum Gasteiger partial charge on any atom is 0.107 e. The molecular formula is C13H14N4. The predicted octanol–water partition coefficient (Wildman–Crippen LogP) is 1.38. The SMILES string of the molecule is N#Cc1ccc(N2CCC(N)(C#N)CC2)cc1. The molecule has 1 heterocycles. The van der Waals surface area contributed by atoms with Crippen LogP contribution >= 0.6 is 0 Å². The molecule has 1 saturated heterocycles. The lowest BCUT2D eigenvalue weighted by atomic mass is 9.90. The average Bonchev–Trinajstić information content (AvgIpc) is 2.40. The van der Waals surface area contributed by atoms with Gasteiger partial charge in [0.1, 0.15) is 5.54 Å². The van der Waals surface area contributed by atoms with Crippen molar-refractivity contribution in [2.45, 2.75) is 18.4 Å². The minimum atomic E-state index is -0.664. The molecule has 4 nitrogen and oxygen atoms in total. The highest BCUT2D eigenvalue weighted by Gasteiger charge is 2.30. The number of piperidine rings is 1. The lowest BCUT2D eigenvalue weighted by Gasteiger charge is -2.36. The zero-order valence-electron chi connectivity index (χ0n) is 9.56. The summed E-state index contributed by atoms with van der Waals surface area (Å²) in [5.74, 6) is 0. The molecule has 0 aromatic heterocycles. The molecule has 0 amide bonds. The molecule has 1 aliphatic rings. The molecule has 1 aromatic carbocycles. The van der Waals surface area contributed by atoms with Gasteiger partial charge in [0.15, 0.2) is 0 Å². The van der Waals surface area contributed by atoms with Crippen LogP contribution in [0.3, 0.4) is 0 Å². The van der Waals surface area contributed by atoms with Crippen LogP contribution in [0.25, 0.3) is 0 Å². The van der Waals surface area contributed by atoms with Crippen LogP contribution in [-0.4, -0.2) is 18.6 Å². The fraction of sp³-hybridized carbons (Fsp3) is 0.385. The van der Waals surface area contributed by atoms with Gasteiger partial charge in [0.2, 0.25) is 0 Å². The lowest BCUT2D eigenvalue weighted by molar-refractivity contribution is 0.415. The van der Waals surface area contributed by atoms with Crippen LogP contribution in [-0.2, 0) is 0 Å². The molecular weight excluding hydrogens is 212 g/mol. The van der Waals surface area contributed by atoms with Crippen LogP contribution in [0.2, 0.25) is 0 Å². The van der Waals surface area contributed by atoms with Gasteiger partial charge in [-0.3, -0.25) is 0 Å². The Morgan fingerprint density at radius 1 is 1.12 bits per heavy atom. The lowest BCUT2D eigenvalue weighted by Crippen LogP contribution is -2.49. The molecule has 2 N–H and O–H groups in total. The summed E-state index contributed by atoms with van der Waals surface area (Å²) in [7, 11) is 0. The summed E-state index contributed by atoms with van der Waals surface area (Å²) in [6, 6.07) is 11.8. The molecule has 0 unspecified atom stereocenters. The monoisotopic (exact) mass is 226 g/mol. The minimum Gasteiger partial charge on any atom is -0.371 e. The predicted molar refractivity (Wildman–Crippen MR) is 65.1 cm³/mol. The Hall–Kier alpha value is -2.04.